The highest BCUT2D eigenvalue weighted by molar-refractivity contribution is 14.0. The lowest BCUT2D eigenvalue weighted by atomic mass is 10.0. The number of hydrogen-bond donors (Lipinski definition) is 1. The van der Waals surface area contributed by atoms with E-state index in [9.17, 15) is 0 Å². The molecule has 0 saturated carbocycles. The van der Waals surface area contributed by atoms with Crippen LogP contribution in [0.1, 0.15) is 6.42 Å². The summed E-state index contributed by atoms with van der Waals surface area (Å²) in [7, 11) is 1.71. The summed E-state index contributed by atoms with van der Waals surface area (Å²) in [5.74, 6) is 0.592. The number of aliphatic imine (C=N–C) groups is 1. The number of benzene rings is 1. The normalized spacial score (nSPS) is 24.3. The molecule has 0 aromatic heterocycles. The van der Waals surface area contributed by atoms with E-state index in [-0.39, 0.29) is 29.6 Å². The molecule has 1 aromatic carbocycles. The lowest BCUT2D eigenvalue weighted by Crippen LogP contribution is -2.51. The molecule has 1 aromatic rings. The number of nitrogens with zero attached hydrogens (tertiary/aromatic N) is 3. The molecule has 25 heavy (non-hydrogen) atoms. The molecule has 2 aliphatic rings. The highest BCUT2D eigenvalue weighted by Gasteiger charge is 2.35. The van der Waals surface area contributed by atoms with Crippen molar-refractivity contribution in [2.45, 2.75) is 12.0 Å². The van der Waals surface area contributed by atoms with E-state index in [1.807, 2.05) is 12.1 Å². The van der Waals surface area contributed by atoms with Gasteiger partial charge in [0.1, 0.15) is 5.60 Å². The van der Waals surface area contributed by atoms with E-state index in [0.29, 0.717) is 19.1 Å². The third-order valence-electron chi connectivity index (χ3n) is 4.82. The third-order valence-corrected chi connectivity index (χ3v) is 5.08. The van der Waals surface area contributed by atoms with Gasteiger partial charge in [-0.3, -0.25) is 4.99 Å². The average molecular weight is 481 g/mol. The number of hydrogen-bond acceptors (Lipinski definition) is 4. The van der Waals surface area contributed by atoms with Gasteiger partial charge in [0, 0.05) is 57.0 Å². The lowest BCUT2D eigenvalue weighted by molar-refractivity contribution is -0.00918. The highest BCUT2D eigenvalue weighted by atomic mass is 127. The quantitative estimate of drug-likeness (QED) is 0.407. The first-order valence-corrected chi connectivity index (χ1v) is 8.68. The molecule has 2 aliphatic heterocycles. The standard InChI is InChI=1S/C17H25ClN4O2.HI/c1-23-17(6-11-24-13-17)12-20-16(19)22-9-7-21(8-10-22)15-4-2-14(18)3-5-15;/h2-5H,6-13H2,1H3,(H2,19,20);1H. The van der Waals surface area contributed by atoms with E-state index < -0.39 is 0 Å². The minimum atomic E-state index is -0.310. The Labute approximate surface area is 171 Å². The zero-order valence-corrected chi connectivity index (χ0v) is 17.6. The average Bonchev–Trinajstić information content (AvgIpc) is 3.10. The van der Waals surface area contributed by atoms with Crippen LogP contribution >= 0.6 is 35.6 Å². The fourth-order valence-corrected chi connectivity index (χ4v) is 3.24. The smallest absolute Gasteiger partial charge is 0.191 e. The predicted molar refractivity (Wildman–Crippen MR) is 112 cm³/mol. The molecule has 3 rings (SSSR count). The Hall–Kier alpha value is -0.770. The molecule has 2 fully saturated rings. The number of anilines is 1. The molecule has 2 N–H and O–H groups in total. The second kappa shape index (κ2) is 9.25. The minimum Gasteiger partial charge on any atom is -0.378 e. The summed E-state index contributed by atoms with van der Waals surface area (Å²) in [5, 5.41) is 0.761. The summed E-state index contributed by atoms with van der Waals surface area (Å²) in [4.78, 5) is 9.03. The van der Waals surface area contributed by atoms with Crippen LogP contribution in [0.5, 0.6) is 0 Å². The maximum atomic E-state index is 6.19. The molecule has 0 bridgehead atoms. The van der Waals surface area contributed by atoms with Gasteiger partial charge in [-0.1, -0.05) is 11.6 Å². The molecule has 0 aliphatic carbocycles. The molecule has 2 saturated heterocycles. The molecule has 1 unspecified atom stereocenters. The molecule has 140 valence electrons. The van der Waals surface area contributed by atoms with Gasteiger partial charge in [-0.05, 0) is 24.3 Å². The van der Waals surface area contributed by atoms with Crippen molar-refractivity contribution in [3.8, 4) is 0 Å². The number of ether oxygens (including phenoxy) is 2. The number of piperazine rings is 1. The van der Waals surface area contributed by atoms with E-state index in [4.69, 9.17) is 26.8 Å². The van der Waals surface area contributed by atoms with Crippen molar-refractivity contribution in [3.63, 3.8) is 0 Å². The first kappa shape index (κ1) is 20.5. The Morgan fingerprint density at radius 1 is 1.28 bits per heavy atom. The van der Waals surface area contributed by atoms with Crippen molar-refractivity contribution in [1.82, 2.24) is 4.90 Å². The second-order valence-electron chi connectivity index (χ2n) is 6.31. The topological polar surface area (TPSA) is 63.3 Å². The van der Waals surface area contributed by atoms with E-state index in [1.165, 1.54) is 5.69 Å². The Morgan fingerprint density at radius 3 is 2.52 bits per heavy atom. The number of guanidine groups is 1. The van der Waals surface area contributed by atoms with Gasteiger partial charge in [0.25, 0.3) is 0 Å². The van der Waals surface area contributed by atoms with Gasteiger partial charge in [0.15, 0.2) is 5.96 Å². The minimum absolute atomic E-state index is 0. The fraction of sp³-hybridized carbons (Fsp3) is 0.588. The summed E-state index contributed by atoms with van der Waals surface area (Å²) in [6, 6.07) is 7.95. The van der Waals surface area contributed by atoms with Crippen LogP contribution in [0.3, 0.4) is 0 Å². The summed E-state index contributed by atoms with van der Waals surface area (Å²) < 4.78 is 11.0. The van der Waals surface area contributed by atoms with Crippen molar-refractivity contribution < 1.29 is 9.47 Å². The van der Waals surface area contributed by atoms with Crippen LogP contribution in [0.15, 0.2) is 29.3 Å². The van der Waals surface area contributed by atoms with Gasteiger partial charge < -0.3 is 25.0 Å². The van der Waals surface area contributed by atoms with Gasteiger partial charge >= 0.3 is 0 Å². The summed E-state index contributed by atoms with van der Waals surface area (Å²) in [6.45, 7) is 5.40. The molecule has 0 radical (unpaired) electrons. The monoisotopic (exact) mass is 480 g/mol. The SMILES string of the molecule is COC1(CN=C(N)N2CCN(c3ccc(Cl)cc3)CC2)CCOC1.I. The number of methoxy groups -OCH3 is 1. The first-order valence-electron chi connectivity index (χ1n) is 8.30. The Morgan fingerprint density at radius 2 is 1.96 bits per heavy atom. The lowest BCUT2D eigenvalue weighted by Gasteiger charge is -2.37. The van der Waals surface area contributed by atoms with Crippen LogP contribution < -0.4 is 10.6 Å². The molecule has 8 heteroatoms. The van der Waals surface area contributed by atoms with Crippen LogP contribution in [0.2, 0.25) is 5.02 Å². The first-order chi connectivity index (χ1) is 11.6. The van der Waals surface area contributed by atoms with Crippen molar-refractivity contribution in [1.29, 1.82) is 0 Å². The van der Waals surface area contributed by atoms with E-state index >= 15 is 0 Å². The van der Waals surface area contributed by atoms with Crippen molar-refractivity contribution in [2.24, 2.45) is 10.7 Å². The molecule has 1 atom stereocenters. The van der Waals surface area contributed by atoms with E-state index in [2.05, 4.69) is 26.9 Å². The van der Waals surface area contributed by atoms with Crippen molar-refractivity contribution in [2.75, 3.05) is 57.9 Å². The van der Waals surface area contributed by atoms with E-state index in [0.717, 1.165) is 44.2 Å². The van der Waals surface area contributed by atoms with Gasteiger partial charge in [-0.25, -0.2) is 0 Å². The number of nitrogens with two attached hydrogens (primary N) is 1. The molecular formula is C17H26ClIN4O2. The maximum absolute atomic E-state index is 6.19. The van der Waals surface area contributed by atoms with Gasteiger partial charge in [0.2, 0.25) is 0 Å². The zero-order chi connectivity index (χ0) is 17.0. The highest BCUT2D eigenvalue weighted by Crippen LogP contribution is 2.23. The van der Waals surface area contributed by atoms with Crippen molar-refractivity contribution >= 4 is 47.2 Å². The molecule has 0 amide bonds. The zero-order valence-electron chi connectivity index (χ0n) is 14.5. The number of rotatable bonds is 4. The largest absolute Gasteiger partial charge is 0.378 e. The second-order valence-corrected chi connectivity index (χ2v) is 6.75. The molecule has 0 spiro atoms. The molecular weight excluding hydrogens is 455 g/mol. The summed E-state index contributed by atoms with van der Waals surface area (Å²) in [5.41, 5.74) is 7.07. The van der Waals surface area contributed by atoms with Gasteiger partial charge in [-0.15, -0.1) is 24.0 Å². The van der Waals surface area contributed by atoms with Crippen LogP contribution in [0.4, 0.5) is 5.69 Å². The van der Waals surface area contributed by atoms with Crippen LogP contribution in [0.25, 0.3) is 0 Å². The summed E-state index contributed by atoms with van der Waals surface area (Å²) in [6.07, 6.45) is 0.866. The molecule has 6 nitrogen and oxygen atoms in total. The molecule has 2 heterocycles. The van der Waals surface area contributed by atoms with Gasteiger partial charge in [0.05, 0.1) is 13.2 Å². The van der Waals surface area contributed by atoms with Crippen LogP contribution in [-0.2, 0) is 9.47 Å². The van der Waals surface area contributed by atoms with Crippen molar-refractivity contribution in [3.05, 3.63) is 29.3 Å². The van der Waals surface area contributed by atoms with Gasteiger partial charge in [-0.2, -0.15) is 0 Å². The fourth-order valence-electron chi connectivity index (χ4n) is 3.11. The van der Waals surface area contributed by atoms with Crippen LogP contribution in [-0.4, -0.2) is 69.5 Å². The third kappa shape index (κ3) is 5.12. The Kier molecular flexibility index (Phi) is 7.60. The Bertz CT molecular complexity index is 571. The Balaban J connectivity index is 0.00000225. The summed E-state index contributed by atoms with van der Waals surface area (Å²) >= 11 is 5.95. The van der Waals surface area contributed by atoms with Crippen LogP contribution in [0, 0.1) is 0 Å². The maximum Gasteiger partial charge on any atom is 0.191 e. The van der Waals surface area contributed by atoms with E-state index in [1.54, 1.807) is 7.11 Å². The number of halogens is 2. The predicted octanol–water partition coefficient (Wildman–Crippen LogP) is 2.20.